The minimum Gasteiger partial charge on any atom is -0.327 e. The zero-order valence-corrected chi connectivity index (χ0v) is 10.3. The quantitative estimate of drug-likeness (QED) is 0.846. The number of nitrogens with zero attached hydrogens (tertiary/aromatic N) is 2. The third-order valence-electron chi connectivity index (χ3n) is 2.93. The van der Waals surface area contributed by atoms with E-state index < -0.39 is 0 Å². The van der Waals surface area contributed by atoms with Crippen LogP contribution in [0.2, 0.25) is 0 Å². The van der Waals surface area contributed by atoms with Crippen LogP contribution in [0.1, 0.15) is 28.9 Å². The second kappa shape index (κ2) is 4.60. The van der Waals surface area contributed by atoms with Crippen LogP contribution >= 0.6 is 11.3 Å². The molecule has 4 heteroatoms. The van der Waals surface area contributed by atoms with E-state index in [1.54, 1.807) is 0 Å². The summed E-state index contributed by atoms with van der Waals surface area (Å²) < 4.78 is 0. The van der Waals surface area contributed by atoms with E-state index in [1.165, 1.54) is 15.6 Å². The van der Waals surface area contributed by atoms with Gasteiger partial charge in [-0.1, -0.05) is 6.92 Å². The number of nitrogens with two attached hydrogens (primary N) is 1. The summed E-state index contributed by atoms with van der Waals surface area (Å²) in [5.74, 6) is 0. The molecule has 0 radical (unpaired) electrons. The Labute approximate surface area is 95.3 Å². The van der Waals surface area contributed by atoms with Crippen LogP contribution in [0.4, 0.5) is 0 Å². The van der Waals surface area contributed by atoms with Gasteiger partial charge in [-0.25, -0.2) is 4.98 Å². The van der Waals surface area contributed by atoms with Gasteiger partial charge in [0.2, 0.25) is 0 Å². The average molecular weight is 225 g/mol. The summed E-state index contributed by atoms with van der Waals surface area (Å²) in [6, 6.07) is 0.273. The van der Waals surface area contributed by atoms with Crippen molar-refractivity contribution in [2.24, 2.45) is 5.73 Å². The third-order valence-corrected chi connectivity index (χ3v) is 4.03. The lowest BCUT2D eigenvalue weighted by Gasteiger charge is -2.20. The summed E-state index contributed by atoms with van der Waals surface area (Å²) in [6.07, 6.45) is 3.08. The van der Waals surface area contributed by atoms with E-state index in [1.807, 2.05) is 11.3 Å². The van der Waals surface area contributed by atoms with Crippen molar-refractivity contribution in [1.29, 1.82) is 0 Å². The van der Waals surface area contributed by atoms with E-state index in [-0.39, 0.29) is 6.04 Å². The van der Waals surface area contributed by atoms with E-state index in [4.69, 9.17) is 5.73 Å². The average Bonchev–Trinajstić information content (AvgIpc) is 2.59. The lowest BCUT2D eigenvalue weighted by molar-refractivity contribution is 0.314. The number of hydrogen-bond acceptors (Lipinski definition) is 4. The molecule has 0 fully saturated rings. The fraction of sp³-hybridized carbons (Fsp3) is 0.727. The van der Waals surface area contributed by atoms with Crippen molar-refractivity contribution < 1.29 is 0 Å². The van der Waals surface area contributed by atoms with Gasteiger partial charge < -0.3 is 10.6 Å². The van der Waals surface area contributed by atoms with E-state index >= 15 is 0 Å². The van der Waals surface area contributed by atoms with Crippen molar-refractivity contribution >= 4 is 11.3 Å². The van der Waals surface area contributed by atoms with Gasteiger partial charge in [-0.15, -0.1) is 11.3 Å². The summed E-state index contributed by atoms with van der Waals surface area (Å²) >= 11 is 1.85. The van der Waals surface area contributed by atoms with Gasteiger partial charge in [-0.3, -0.25) is 0 Å². The highest BCUT2D eigenvalue weighted by Gasteiger charge is 2.18. The standard InChI is InChI=1S/C11H19N3S/c1-3-8(12)6-11-13-9-4-5-14(2)7-10(9)15-11/h8H,3-7,12H2,1-2H3. The molecule has 2 N–H and O–H groups in total. The molecule has 0 saturated carbocycles. The van der Waals surface area contributed by atoms with Gasteiger partial charge in [0.25, 0.3) is 0 Å². The summed E-state index contributed by atoms with van der Waals surface area (Å²) in [6.45, 7) is 4.33. The number of likely N-dealkylation sites (N-methyl/N-ethyl adjacent to an activating group) is 1. The number of aromatic nitrogens is 1. The lowest BCUT2D eigenvalue weighted by atomic mass is 10.1. The summed E-state index contributed by atoms with van der Waals surface area (Å²) in [5, 5.41) is 1.23. The second-order valence-corrected chi connectivity index (χ2v) is 5.51. The molecule has 1 aliphatic heterocycles. The molecule has 0 aliphatic carbocycles. The van der Waals surface area contributed by atoms with Crippen LogP contribution in [-0.2, 0) is 19.4 Å². The van der Waals surface area contributed by atoms with Gasteiger partial charge in [-0.2, -0.15) is 0 Å². The van der Waals surface area contributed by atoms with Crippen LogP contribution in [0.15, 0.2) is 0 Å². The third kappa shape index (κ3) is 2.56. The van der Waals surface area contributed by atoms with E-state index in [9.17, 15) is 0 Å². The molecule has 84 valence electrons. The zero-order valence-electron chi connectivity index (χ0n) is 9.49. The normalized spacial score (nSPS) is 18.9. The van der Waals surface area contributed by atoms with Crippen LogP contribution in [-0.4, -0.2) is 29.5 Å². The Balaban J connectivity index is 2.09. The molecule has 0 saturated heterocycles. The molecule has 15 heavy (non-hydrogen) atoms. The summed E-state index contributed by atoms with van der Waals surface area (Å²) in [7, 11) is 2.17. The SMILES string of the molecule is CCC(N)Cc1nc2c(s1)CN(C)CC2. The predicted molar refractivity (Wildman–Crippen MR) is 64.1 cm³/mol. The van der Waals surface area contributed by atoms with Crippen molar-refractivity contribution in [2.45, 2.75) is 38.8 Å². The maximum Gasteiger partial charge on any atom is 0.0947 e. The molecule has 3 nitrogen and oxygen atoms in total. The maximum atomic E-state index is 5.95. The van der Waals surface area contributed by atoms with Crippen molar-refractivity contribution in [3.05, 3.63) is 15.6 Å². The van der Waals surface area contributed by atoms with Crippen LogP contribution in [0.5, 0.6) is 0 Å². The minimum absolute atomic E-state index is 0.273. The summed E-state index contributed by atoms with van der Waals surface area (Å²) in [5.41, 5.74) is 7.26. The number of thiazole rings is 1. The Morgan fingerprint density at radius 3 is 3.13 bits per heavy atom. The molecular formula is C11H19N3S. The molecule has 0 amide bonds. The van der Waals surface area contributed by atoms with Gasteiger partial charge in [0.05, 0.1) is 10.7 Å². The van der Waals surface area contributed by atoms with Gasteiger partial charge in [0.1, 0.15) is 0 Å². The Hall–Kier alpha value is -0.450. The molecule has 0 bridgehead atoms. The minimum atomic E-state index is 0.273. The largest absolute Gasteiger partial charge is 0.327 e. The molecule has 1 aromatic heterocycles. The Morgan fingerprint density at radius 2 is 2.40 bits per heavy atom. The lowest BCUT2D eigenvalue weighted by Crippen LogP contribution is -2.25. The molecular weight excluding hydrogens is 206 g/mol. The fourth-order valence-electron chi connectivity index (χ4n) is 1.83. The highest BCUT2D eigenvalue weighted by molar-refractivity contribution is 7.11. The van der Waals surface area contributed by atoms with E-state index in [2.05, 4.69) is 23.9 Å². The van der Waals surface area contributed by atoms with Crippen LogP contribution in [0.25, 0.3) is 0 Å². The first kappa shape index (κ1) is 11.0. The fourth-order valence-corrected chi connectivity index (χ4v) is 3.12. The predicted octanol–water partition coefficient (Wildman–Crippen LogP) is 1.41. The molecule has 2 heterocycles. The number of hydrogen-bond donors (Lipinski definition) is 1. The number of rotatable bonds is 3. The van der Waals surface area contributed by atoms with Crippen molar-refractivity contribution in [3.63, 3.8) is 0 Å². The molecule has 1 unspecified atom stereocenters. The molecule has 1 aromatic rings. The van der Waals surface area contributed by atoms with Crippen LogP contribution in [0, 0.1) is 0 Å². The van der Waals surface area contributed by atoms with Crippen molar-refractivity contribution in [3.8, 4) is 0 Å². The van der Waals surface area contributed by atoms with Crippen molar-refractivity contribution in [2.75, 3.05) is 13.6 Å². The van der Waals surface area contributed by atoms with Gasteiger partial charge >= 0.3 is 0 Å². The first-order chi connectivity index (χ1) is 7.19. The van der Waals surface area contributed by atoms with Crippen LogP contribution < -0.4 is 5.73 Å². The molecule has 0 aromatic carbocycles. The Bertz CT molecular complexity index is 335. The highest BCUT2D eigenvalue weighted by atomic mass is 32.1. The highest BCUT2D eigenvalue weighted by Crippen LogP contribution is 2.25. The first-order valence-electron chi connectivity index (χ1n) is 5.60. The van der Waals surface area contributed by atoms with Crippen molar-refractivity contribution in [1.82, 2.24) is 9.88 Å². The van der Waals surface area contributed by atoms with E-state index in [0.29, 0.717) is 0 Å². The zero-order chi connectivity index (χ0) is 10.8. The smallest absolute Gasteiger partial charge is 0.0947 e. The second-order valence-electron chi connectivity index (χ2n) is 4.34. The Kier molecular flexibility index (Phi) is 3.38. The van der Waals surface area contributed by atoms with Crippen LogP contribution in [0.3, 0.4) is 0 Å². The molecule has 0 spiro atoms. The van der Waals surface area contributed by atoms with Gasteiger partial charge in [0, 0.05) is 36.9 Å². The molecule has 1 atom stereocenters. The van der Waals surface area contributed by atoms with Gasteiger partial charge in [-0.05, 0) is 13.5 Å². The molecule has 1 aliphatic rings. The molecule has 2 rings (SSSR count). The summed E-state index contributed by atoms with van der Waals surface area (Å²) in [4.78, 5) is 8.48. The maximum absolute atomic E-state index is 5.95. The number of fused-ring (bicyclic) bond motifs is 1. The van der Waals surface area contributed by atoms with E-state index in [0.717, 1.165) is 32.4 Å². The van der Waals surface area contributed by atoms with Gasteiger partial charge in [0.15, 0.2) is 0 Å². The monoisotopic (exact) mass is 225 g/mol. The topological polar surface area (TPSA) is 42.1 Å². The first-order valence-corrected chi connectivity index (χ1v) is 6.42. The Morgan fingerprint density at radius 1 is 1.60 bits per heavy atom.